The molecular formula is C40H62N4O13S. The van der Waals surface area contributed by atoms with Crippen molar-refractivity contribution in [3.63, 3.8) is 0 Å². The molecule has 326 valence electrons. The Bertz CT molecular complexity index is 1680. The number of aliphatic hydroxyl groups is 2. The molecule has 0 aliphatic carbocycles. The highest BCUT2D eigenvalue weighted by molar-refractivity contribution is 7.14. The van der Waals surface area contributed by atoms with E-state index in [-0.39, 0.29) is 55.4 Å². The molecule has 4 heterocycles. The highest BCUT2D eigenvalue weighted by Crippen LogP contribution is 2.40. The molecule has 18 heteroatoms. The Morgan fingerprint density at radius 3 is 2.40 bits per heavy atom. The lowest BCUT2D eigenvalue weighted by Crippen LogP contribution is -2.60. The van der Waals surface area contributed by atoms with Gasteiger partial charge in [0.15, 0.2) is 18.7 Å². The monoisotopic (exact) mass is 838 g/mol. The van der Waals surface area contributed by atoms with Crippen LogP contribution in [0.4, 0.5) is 0 Å². The van der Waals surface area contributed by atoms with Crippen molar-refractivity contribution in [3.05, 3.63) is 21.9 Å². The number of oxime groups is 1. The van der Waals surface area contributed by atoms with Crippen molar-refractivity contribution in [1.29, 1.82) is 0 Å². The van der Waals surface area contributed by atoms with Crippen molar-refractivity contribution in [2.45, 2.75) is 142 Å². The molecule has 1 aromatic heterocycles. The summed E-state index contributed by atoms with van der Waals surface area (Å²) < 4.78 is 32.2. The molecule has 13 atom stereocenters. The van der Waals surface area contributed by atoms with E-state index in [0.29, 0.717) is 17.0 Å². The second-order valence-corrected chi connectivity index (χ2v) is 17.7. The second-order valence-electron chi connectivity index (χ2n) is 16.5. The summed E-state index contributed by atoms with van der Waals surface area (Å²) in [5, 5.41) is 37.4. The number of cyclic esters (lactones) is 1. The molecule has 3 aliphatic rings. The number of ketones is 1. The zero-order valence-corrected chi connectivity index (χ0v) is 36.2. The van der Waals surface area contributed by atoms with Crippen molar-refractivity contribution < 1.29 is 63.1 Å². The lowest BCUT2D eigenvalue weighted by Gasteiger charge is -2.47. The van der Waals surface area contributed by atoms with Crippen molar-refractivity contribution in [2.75, 3.05) is 27.3 Å². The van der Waals surface area contributed by atoms with Crippen LogP contribution in [0.1, 0.15) is 96.1 Å². The first-order valence-corrected chi connectivity index (χ1v) is 20.6. The molecule has 0 spiro atoms. The van der Waals surface area contributed by atoms with Gasteiger partial charge in [0.25, 0.3) is 5.91 Å². The first-order chi connectivity index (χ1) is 27.1. The quantitative estimate of drug-likeness (QED) is 0.128. The zero-order valence-electron chi connectivity index (χ0n) is 35.4. The number of rotatable bonds is 8. The van der Waals surface area contributed by atoms with E-state index in [9.17, 15) is 29.4 Å². The van der Waals surface area contributed by atoms with E-state index in [1.165, 1.54) is 26.8 Å². The Morgan fingerprint density at radius 1 is 1.09 bits per heavy atom. The van der Waals surface area contributed by atoms with Crippen LogP contribution in [0.3, 0.4) is 0 Å². The van der Waals surface area contributed by atoms with Crippen molar-refractivity contribution >= 4 is 46.3 Å². The molecule has 17 nitrogen and oxygen atoms in total. The van der Waals surface area contributed by atoms with Gasteiger partial charge in [0.05, 0.1) is 42.0 Å². The van der Waals surface area contributed by atoms with Gasteiger partial charge in [-0.1, -0.05) is 32.9 Å². The topological polar surface area (TPSA) is 224 Å². The predicted molar refractivity (Wildman–Crippen MR) is 212 cm³/mol. The number of nitrogens with one attached hydrogen (secondary N) is 1. The fourth-order valence-electron chi connectivity index (χ4n) is 8.43. The van der Waals surface area contributed by atoms with Crippen LogP contribution in [0.5, 0.6) is 0 Å². The number of aliphatic imine (C=N–C) groups is 1. The van der Waals surface area contributed by atoms with Crippen LogP contribution in [0.15, 0.2) is 22.3 Å². The summed E-state index contributed by atoms with van der Waals surface area (Å²) >= 11 is 1.09. The van der Waals surface area contributed by atoms with Crippen LogP contribution in [-0.2, 0) is 49.5 Å². The number of hydrogen-bond donors (Lipinski definition) is 4. The van der Waals surface area contributed by atoms with Crippen molar-refractivity contribution in [1.82, 2.24) is 10.4 Å². The smallest absolute Gasteiger partial charge is 0.316 e. The Labute approximate surface area is 344 Å². The van der Waals surface area contributed by atoms with Gasteiger partial charge >= 0.3 is 5.97 Å². The van der Waals surface area contributed by atoms with Gasteiger partial charge in [0.1, 0.15) is 29.4 Å². The van der Waals surface area contributed by atoms with Crippen LogP contribution in [0.25, 0.3) is 0 Å². The van der Waals surface area contributed by atoms with E-state index >= 15 is 0 Å². The summed E-state index contributed by atoms with van der Waals surface area (Å²) in [4.78, 5) is 66.0. The number of likely N-dealkylation sites (N-methyl/N-ethyl adjacent to an activating group) is 1. The van der Waals surface area contributed by atoms with E-state index in [1.807, 2.05) is 32.8 Å². The average molecular weight is 839 g/mol. The summed E-state index contributed by atoms with van der Waals surface area (Å²) in [6.45, 7) is 14.3. The molecule has 3 fully saturated rings. The van der Waals surface area contributed by atoms with Crippen LogP contribution < -0.4 is 5.48 Å². The maximum absolute atomic E-state index is 14.5. The average Bonchev–Trinajstić information content (AvgIpc) is 3.64. The molecule has 0 aromatic carbocycles. The number of Topliss-reactive ketones (excluding diaryl/α,β-unsaturated/α-hetero) is 1. The first kappa shape index (κ1) is 47.5. The van der Waals surface area contributed by atoms with Gasteiger partial charge < -0.3 is 43.6 Å². The highest BCUT2D eigenvalue weighted by atomic mass is 32.1. The normalized spacial score (nSPS) is 38.4. The van der Waals surface area contributed by atoms with Crippen molar-refractivity contribution in [2.24, 2.45) is 33.8 Å². The second kappa shape index (κ2) is 19.9. The molecule has 2 bridgehead atoms. The number of esters is 1. The molecule has 0 saturated carbocycles. The number of hydrogen-bond acceptors (Lipinski definition) is 16. The van der Waals surface area contributed by atoms with Crippen molar-refractivity contribution in [3.8, 4) is 0 Å². The molecule has 58 heavy (non-hydrogen) atoms. The van der Waals surface area contributed by atoms with E-state index in [1.54, 1.807) is 39.2 Å². The summed E-state index contributed by atoms with van der Waals surface area (Å²) in [5.74, 6) is -6.18. The van der Waals surface area contributed by atoms with Crippen LogP contribution in [0.2, 0.25) is 0 Å². The van der Waals surface area contributed by atoms with Crippen LogP contribution in [-0.4, -0.2) is 137 Å². The lowest BCUT2D eigenvalue weighted by molar-refractivity contribution is -0.296. The zero-order chi connectivity index (χ0) is 43.3. The third-order valence-electron chi connectivity index (χ3n) is 11.5. The number of aliphatic hydroxyl groups excluding tert-OH is 1. The van der Waals surface area contributed by atoms with E-state index in [0.717, 1.165) is 11.3 Å². The maximum atomic E-state index is 14.5. The molecular weight excluding hydrogens is 777 g/mol. The Morgan fingerprint density at radius 2 is 1.78 bits per heavy atom. The first-order valence-electron chi connectivity index (χ1n) is 19.8. The Hall–Kier alpha value is -3.20. The molecule has 3 aliphatic heterocycles. The van der Waals surface area contributed by atoms with E-state index < -0.39 is 89.1 Å². The third-order valence-corrected chi connectivity index (χ3v) is 12.6. The number of carbonyl (C=O) groups excluding carboxylic acids is 4. The van der Waals surface area contributed by atoms with Gasteiger partial charge in [-0.25, -0.2) is 10.5 Å². The van der Waals surface area contributed by atoms with Crippen LogP contribution in [0, 0.1) is 23.7 Å². The van der Waals surface area contributed by atoms with Gasteiger partial charge in [0.2, 0.25) is 5.91 Å². The van der Waals surface area contributed by atoms with Gasteiger partial charge in [-0.2, -0.15) is 0 Å². The SMILES string of the molecule is CC[C@H]1OC(=O)[C@H](C)C(=O)[C@H](C)[C@@H](O[C@@H]2O[C@H](C)C[C@H](N(C)C)[C@H]2O)[C@]2(C)C[C@@H](C)C(=NC(C)=O)[C@H](C)[C@@H](OC/C(=N/OCc3ccc(C(=O)NO)s3)CO2)[C@]1(C)O. The third kappa shape index (κ3) is 10.9. The Kier molecular flexibility index (Phi) is 16.3. The largest absolute Gasteiger partial charge is 0.459 e. The number of ether oxygens (including phenoxy) is 5. The fraction of sp³-hybridized carbons (Fsp3) is 0.750. The number of hydroxylamine groups is 1. The minimum atomic E-state index is -1.88. The van der Waals surface area contributed by atoms with E-state index in [4.69, 9.17) is 33.7 Å². The maximum Gasteiger partial charge on any atom is 0.316 e. The summed E-state index contributed by atoms with van der Waals surface area (Å²) in [6, 6.07) is 2.84. The summed E-state index contributed by atoms with van der Waals surface area (Å²) in [7, 11) is 3.69. The molecule has 3 saturated heterocycles. The molecule has 1 aromatic rings. The fourth-order valence-corrected chi connectivity index (χ4v) is 9.23. The summed E-state index contributed by atoms with van der Waals surface area (Å²) in [6.07, 6.45) is -5.37. The summed E-state index contributed by atoms with van der Waals surface area (Å²) in [5.41, 5.74) is -1.12. The van der Waals surface area contributed by atoms with Gasteiger partial charge in [0, 0.05) is 35.4 Å². The number of amides is 2. The molecule has 0 radical (unpaired) electrons. The number of carbonyl (C=O) groups is 4. The predicted octanol–water partition coefficient (Wildman–Crippen LogP) is 3.30. The number of nitrogens with zero attached hydrogens (tertiary/aromatic N) is 3. The molecule has 2 amide bonds. The molecule has 0 unspecified atom stereocenters. The lowest BCUT2D eigenvalue weighted by atomic mass is 9.73. The molecule has 4 rings (SSSR count). The van der Waals surface area contributed by atoms with Gasteiger partial charge in [-0.05, 0) is 79.1 Å². The number of fused-ring (bicyclic) bond motifs is 5. The Balaban J connectivity index is 1.92. The number of thiophene rings is 1. The minimum Gasteiger partial charge on any atom is -0.459 e. The van der Waals surface area contributed by atoms with Crippen LogP contribution >= 0.6 is 11.3 Å². The van der Waals surface area contributed by atoms with Gasteiger partial charge in [-0.3, -0.25) is 24.4 Å². The highest BCUT2D eigenvalue weighted by Gasteiger charge is 2.53. The van der Waals surface area contributed by atoms with E-state index in [2.05, 4.69) is 10.1 Å². The minimum absolute atomic E-state index is 0.0563. The van der Waals surface area contributed by atoms with Gasteiger partial charge in [-0.15, -0.1) is 11.3 Å². The molecule has 4 N–H and O–H groups in total. The standard InChI is InChI=1S/C40H62N4O13S/c1-12-30-40(9,50)35-22(4)31(41-25(7)45)20(2)16-39(8,53-18-26(17-52-35)43-54-19-27-13-14-29(58-27)36(48)42-51)34(23(5)32(46)24(6)37(49)56-30)57-38-33(47)28(44(10)11)15-21(3)55-38/h13-14,20-24,28,30,33-35,38,47,50-51H,12,15-19H2,1-11H3,(H,42,48)/b41-31?,43-26-/t20-,21-,22+,23+,24-,28+,30-,33-,34-,35-,38+,39+,40-/m1/s1.